The van der Waals surface area contributed by atoms with Crippen molar-refractivity contribution in [3.05, 3.63) is 74.1 Å². The Labute approximate surface area is 163 Å². The molecule has 0 fully saturated rings. The van der Waals surface area contributed by atoms with E-state index in [9.17, 15) is 14.4 Å². The van der Waals surface area contributed by atoms with Crippen LogP contribution in [0, 0.1) is 0 Å². The van der Waals surface area contributed by atoms with Crippen molar-refractivity contribution in [3.63, 3.8) is 0 Å². The quantitative estimate of drug-likeness (QED) is 0.560. The zero-order valence-electron chi connectivity index (χ0n) is 14.9. The van der Waals surface area contributed by atoms with Crippen LogP contribution in [0.15, 0.2) is 52.3 Å². The number of fused-ring (bicyclic) bond motifs is 2. The molecule has 0 bridgehead atoms. The summed E-state index contributed by atoms with van der Waals surface area (Å²) in [5, 5.41) is 4.19. The van der Waals surface area contributed by atoms with Crippen molar-refractivity contribution in [2.45, 2.75) is 0 Å². The summed E-state index contributed by atoms with van der Waals surface area (Å²) in [7, 11) is 2.89. The van der Waals surface area contributed by atoms with Crippen LogP contribution in [0.1, 0.15) is 10.4 Å². The van der Waals surface area contributed by atoms with Crippen molar-refractivity contribution in [1.29, 1.82) is 0 Å². The molecule has 8 nitrogen and oxygen atoms in total. The van der Waals surface area contributed by atoms with Crippen LogP contribution in [-0.4, -0.2) is 25.0 Å². The topological polar surface area (TPSA) is 98.9 Å². The van der Waals surface area contributed by atoms with Gasteiger partial charge in [-0.3, -0.25) is 23.7 Å². The van der Waals surface area contributed by atoms with E-state index in [1.807, 2.05) is 6.07 Å². The SMILES string of the molecule is Cn1c(=O)c2cc(C(=O)Nc3ccc(Cl)c4cccnc34)cnc2n(C)c1=O. The molecular weight excluding hydrogens is 382 g/mol. The van der Waals surface area contributed by atoms with Gasteiger partial charge in [0.05, 0.1) is 27.2 Å². The third kappa shape index (κ3) is 2.74. The first-order chi connectivity index (χ1) is 13.4. The van der Waals surface area contributed by atoms with Crippen molar-refractivity contribution in [2.24, 2.45) is 14.1 Å². The molecule has 4 aromatic rings. The molecule has 3 aromatic heterocycles. The first-order valence-corrected chi connectivity index (χ1v) is 8.66. The molecule has 9 heteroatoms. The second-order valence-electron chi connectivity index (χ2n) is 6.25. The number of anilines is 1. The minimum Gasteiger partial charge on any atom is -0.320 e. The highest BCUT2D eigenvalue weighted by atomic mass is 35.5. The zero-order chi connectivity index (χ0) is 20.0. The van der Waals surface area contributed by atoms with Crippen LogP contribution in [0.3, 0.4) is 0 Å². The number of rotatable bonds is 2. The van der Waals surface area contributed by atoms with Crippen LogP contribution >= 0.6 is 11.6 Å². The number of nitrogens with zero attached hydrogens (tertiary/aromatic N) is 4. The summed E-state index contributed by atoms with van der Waals surface area (Å²) in [5.41, 5.74) is 0.430. The summed E-state index contributed by atoms with van der Waals surface area (Å²) in [4.78, 5) is 45.6. The maximum Gasteiger partial charge on any atom is 0.332 e. The van der Waals surface area contributed by atoms with Crippen LogP contribution in [-0.2, 0) is 14.1 Å². The molecule has 28 heavy (non-hydrogen) atoms. The number of nitrogens with one attached hydrogen (secondary N) is 1. The largest absolute Gasteiger partial charge is 0.332 e. The molecule has 1 amide bonds. The Balaban J connectivity index is 1.80. The highest BCUT2D eigenvalue weighted by Gasteiger charge is 2.15. The number of aromatic nitrogens is 4. The third-order valence-corrected chi connectivity index (χ3v) is 4.85. The Bertz CT molecular complexity index is 1390. The molecule has 0 aliphatic carbocycles. The molecule has 0 radical (unpaired) electrons. The number of carbonyl (C=O) groups excluding carboxylic acids is 1. The monoisotopic (exact) mass is 395 g/mol. The lowest BCUT2D eigenvalue weighted by Crippen LogP contribution is -2.37. The van der Waals surface area contributed by atoms with Crippen molar-refractivity contribution in [3.8, 4) is 0 Å². The number of pyridine rings is 2. The molecule has 0 saturated carbocycles. The predicted molar refractivity (Wildman–Crippen MR) is 107 cm³/mol. The van der Waals surface area contributed by atoms with Gasteiger partial charge in [0.15, 0.2) is 0 Å². The molecule has 1 N–H and O–H groups in total. The van der Waals surface area contributed by atoms with E-state index >= 15 is 0 Å². The first-order valence-electron chi connectivity index (χ1n) is 8.29. The number of hydrogen-bond donors (Lipinski definition) is 1. The van der Waals surface area contributed by atoms with Gasteiger partial charge < -0.3 is 5.32 Å². The van der Waals surface area contributed by atoms with Crippen LogP contribution in [0.25, 0.3) is 21.9 Å². The second kappa shape index (κ2) is 6.58. The van der Waals surface area contributed by atoms with E-state index in [0.717, 1.165) is 4.57 Å². The van der Waals surface area contributed by atoms with Crippen LogP contribution in [0.4, 0.5) is 5.69 Å². The second-order valence-corrected chi connectivity index (χ2v) is 6.66. The van der Waals surface area contributed by atoms with Crippen molar-refractivity contribution >= 4 is 45.1 Å². The van der Waals surface area contributed by atoms with Gasteiger partial charge in [0, 0.05) is 31.9 Å². The number of halogens is 1. The molecule has 0 spiro atoms. The summed E-state index contributed by atoms with van der Waals surface area (Å²) < 4.78 is 2.23. The third-order valence-electron chi connectivity index (χ3n) is 4.52. The molecule has 0 aliphatic heterocycles. The summed E-state index contributed by atoms with van der Waals surface area (Å²) in [5.74, 6) is -0.459. The number of hydrogen-bond acceptors (Lipinski definition) is 5. The summed E-state index contributed by atoms with van der Waals surface area (Å²) in [6.45, 7) is 0. The zero-order valence-corrected chi connectivity index (χ0v) is 15.7. The maximum absolute atomic E-state index is 12.7. The number of amides is 1. The van der Waals surface area contributed by atoms with Gasteiger partial charge in [-0.05, 0) is 30.3 Å². The maximum atomic E-state index is 12.7. The molecular formula is C19H14ClN5O3. The average Bonchev–Trinajstić information content (AvgIpc) is 2.72. The van der Waals surface area contributed by atoms with Gasteiger partial charge in [0.1, 0.15) is 5.65 Å². The van der Waals surface area contributed by atoms with Crippen molar-refractivity contribution in [1.82, 2.24) is 19.1 Å². The van der Waals surface area contributed by atoms with Gasteiger partial charge in [-0.1, -0.05) is 11.6 Å². The summed E-state index contributed by atoms with van der Waals surface area (Å²) in [6, 6.07) is 8.32. The molecule has 0 saturated heterocycles. The first kappa shape index (κ1) is 17.9. The summed E-state index contributed by atoms with van der Waals surface area (Å²) >= 11 is 6.18. The average molecular weight is 396 g/mol. The van der Waals surface area contributed by atoms with E-state index in [1.54, 1.807) is 24.4 Å². The number of aryl methyl sites for hydroxylation is 1. The van der Waals surface area contributed by atoms with Crippen LogP contribution in [0.5, 0.6) is 0 Å². The Morgan fingerprint density at radius 2 is 1.86 bits per heavy atom. The molecule has 3 heterocycles. The Morgan fingerprint density at radius 1 is 1.07 bits per heavy atom. The number of benzene rings is 1. The van der Waals surface area contributed by atoms with Crippen molar-refractivity contribution < 1.29 is 4.79 Å². The predicted octanol–water partition coefficient (Wildman–Crippen LogP) is 2.09. The Kier molecular flexibility index (Phi) is 4.20. The van der Waals surface area contributed by atoms with Gasteiger partial charge in [-0.25, -0.2) is 9.78 Å². The van der Waals surface area contributed by atoms with Gasteiger partial charge in [-0.15, -0.1) is 0 Å². The summed E-state index contributed by atoms with van der Waals surface area (Å²) in [6.07, 6.45) is 2.93. The Morgan fingerprint density at radius 3 is 2.64 bits per heavy atom. The minimum absolute atomic E-state index is 0.177. The van der Waals surface area contributed by atoms with E-state index in [4.69, 9.17) is 11.6 Å². The molecule has 140 valence electrons. The highest BCUT2D eigenvalue weighted by Crippen LogP contribution is 2.28. The van der Waals surface area contributed by atoms with Gasteiger partial charge in [0.2, 0.25) is 0 Å². The van der Waals surface area contributed by atoms with Gasteiger partial charge in [-0.2, -0.15) is 0 Å². The fraction of sp³-hybridized carbons (Fsp3) is 0.105. The Hall–Kier alpha value is -3.52. The van der Waals surface area contributed by atoms with E-state index in [2.05, 4.69) is 15.3 Å². The van der Waals surface area contributed by atoms with Crippen LogP contribution < -0.4 is 16.6 Å². The lowest BCUT2D eigenvalue weighted by molar-refractivity contribution is 0.102. The van der Waals surface area contributed by atoms with E-state index in [1.165, 1.54) is 30.9 Å². The molecule has 0 aliphatic rings. The smallest absolute Gasteiger partial charge is 0.320 e. The van der Waals surface area contributed by atoms with E-state index in [0.29, 0.717) is 21.6 Å². The molecule has 1 aromatic carbocycles. The van der Waals surface area contributed by atoms with Crippen LogP contribution in [0.2, 0.25) is 5.02 Å². The number of carbonyl (C=O) groups is 1. The van der Waals surface area contributed by atoms with Crippen molar-refractivity contribution in [2.75, 3.05) is 5.32 Å². The molecule has 4 rings (SSSR count). The normalized spacial score (nSPS) is 11.1. The molecule has 0 atom stereocenters. The highest BCUT2D eigenvalue weighted by molar-refractivity contribution is 6.36. The van der Waals surface area contributed by atoms with Gasteiger partial charge >= 0.3 is 5.69 Å². The van der Waals surface area contributed by atoms with E-state index in [-0.39, 0.29) is 16.6 Å². The fourth-order valence-corrected chi connectivity index (χ4v) is 3.24. The minimum atomic E-state index is -0.515. The van der Waals surface area contributed by atoms with Gasteiger partial charge in [0.25, 0.3) is 11.5 Å². The van der Waals surface area contributed by atoms with E-state index < -0.39 is 17.2 Å². The fourth-order valence-electron chi connectivity index (χ4n) is 3.02. The standard InChI is InChI=1S/C19H14ClN5O3/c1-24-16-12(18(27)25(2)19(24)28)8-10(9-22-16)17(26)23-14-6-5-13(20)11-4-3-7-21-15(11)14/h3-9H,1-2H3,(H,23,26). The lowest BCUT2D eigenvalue weighted by Gasteiger charge is -2.10. The molecule has 0 unspecified atom stereocenters. The lowest BCUT2D eigenvalue weighted by atomic mass is 10.1.